The van der Waals surface area contributed by atoms with Crippen molar-refractivity contribution in [1.29, 1.82) is 0 Å². The number of nitrogens with one attached hydrogen (secondary N) is 1. The van der Waals surface area contributed by atoms with Crippen molar-refractivity contribution in [2.45, 2.75) is 19.5 Å². The summed E-state index contributed by atoms with van der Waals surface area (Å²) < 4.78 is 11.2. The summed E-state index contributed by atoms with van der Waals surface area (Å²) in [5.41, 5.74) is 1.18. The lowest BCUT2D eigenvalue weighted by molar-refractivity contribution is 0.249. The number of likely N-dealkylation sites (N-methyl/N-ethyl adjacent to an activating group) is 1. The van der Waals surface area contributed by atoms with Gasteiger partial charge in [-0.25, -0.2) is 0 Å². The van der Waals surface area contributed by atoms with Crippen LogP contribution in [0.3, 0.4) is 0 Å². The molecule has 0 aliphatic rings. The quantitative estimate of drug-likeness (QED) is 0.810. The molecule has 21 heavy (non-hydrogen) atoms. The van der Waals surface area contributed by atoms with Crippen LogP contribution in [0.15, 0.2) is 47.1 Å². The molecule has 0 saturated carbocycles. The van der Waals surface area contributed by atoms with Crippen molar-refractivity contribution in [2.24, 2.45) is 0 Å². The molecule has 1 unspecified atom stereocenters. The van der Waals surface area contributed by atoms with Gasteiger partial charge in [-0.3, -0.25) is 4.90 Å². The molecule has 1 N–H and O–H groups in total. The molecule has 0 amide bonds. The van der Waals surface area contributed by atoms with E-state index in [2.05, 4.69) is 30.4 Å². The van der Waals surface area contributed by atoms with E-state index >= 15 is 0 Å². The van der Waals surface area contributed by atoms with Crippen molar-refractivity contribution in [3.05, 3.63) is 54.0 Å². The molecule has 0 aliphatic carbocycles. The third kappa shape index (κ3) is 4.34. The van der Waals surface area contributed by atoms with Gasteiger partial charge in [-0.1, -0.05) is 18.2 Å². The summed E-state index contributed by atoms with van der Waals surface area (Å²) >= 11 is 0. The fourth-order valence-electron chi connectivity index (χ4n) is 2.31. The van der Waals surface area contributed by atoms with Gasteiger partial charge in [0.05, 0.1) is 18.9 Å². The number of ether oxygens (including phenoxy) is 1. The number of rotatable bonds is 8. The number of hydrogen-bond donors (Lipinski definition) is 1. The largest absolute Gasteiger partial charge is 0.494 e. The van der Waals surface area contributed by atoms with Crippen molar-refractivity contribution in [3.63, 3.8) is 0 Å². The number of nitrogens with zero attached hydrogens (tertiary/aromatic N) is 1. The summed E-state index contributed by atoms with van der Waals surface area (Å²) in [6.07, 6.45) is 1.72. The van der Waals surface area contributed by atoms with Crippen LogP contribution in [0.1, 0.15) is 24.3 Å². The lowest BCUT2D eigenvalue weighted by Gasteiger charge is -2.23. The van der Waals surface area contributed by atoms with Crippen molar-refractivity contribution in [2.75, 3.05) is 27.2 Å². The van der Waals surface area contributed by atoms with Gasteiger partial charge in [0.25, 0.3) is 0 Å². The van der Waals surface area contributed by atoms with Crippen LogP contribution in [-0.2, 0) is 6.54 Å². The van der Waals surface area contributed by atoms with Crippen LogP contribution in [0.2, 0.25) is 0 Å². The van der Waals surface area contributed by atoms with Gasteiger partial charge >= 0.3 is 0 Å². The third-order valence-electron chi connectivity index (χ3n) is 3.42. The summed E-state index contributed by atoms with van der Waals surface area (Å²) in [6.45, 7) is 4.29. The molecule has 1 heterocycles. The Morgan fingerprint density at radius 2 is 2.00 bits per heavy atom. The molecule has 2 aromatic rings. The van der Waals surface area contributed by atoms with Crippen LogP contribution in [0.25, 0.3) is 0 Å². The normalized spacial score (nSPS) is 12.6. The molecule has 0 spiro atoms. The van der Waals surface area contributed by atoms with Crippen LogP contribution in [0, 0.1) is 0 Å². The van der Waals surface area contributed by atoms with E-state index in [-0.39, 0.29) is 6.04 Å². The molecule has 0 bridgehead atoms. The average molecular weight is 288 g/mol. The summed E-state index contributed by atoms with van der Waals surface area (Å²) in [6, 6.07) is 12.3. The maximum absolute atomic E-state index is 5.65. The Morgan fingerprint density at radius 1 is 1.19 bits per heavy atom. The smallest absolute Gasteiger partial charge is 0.123 e. The van der Waals surface area contributed by atoms with E-state index in [0.717, 1.165) is 24.6 Å². The fraction of sp³-hybridized carbons (Fsp3) is 0.412. The standard InChI is InChI=1S/C17H24N2O2/c1-4-20-16-9-6-5-8-14(16)12-18-13-15(19(2)3)17-10-7-11-21-17/h5-11,15,18H,4,12-13H2,1-3H3. The van der Waals surface area contributed by atoms with E-state index in [1.54, 1.807) is 6.26 Å². The predicted octanol–water partition coefficient (Wildman–Crippen LogP) is 3.07. The SMILES string of the molecule is CCOc1ccccc1CNCC(c1ccco1)N(C)C. The van der Waals surface area contributed by atoms with Gasteiger partial charge < -0.3 is 14.5 Å². The van der Waals surface area contributed by atoms with Gasteiger partial charge in [0.2, 0.25) is 0 Å². The minimum absolute atomic E-state index is 0.222. The zero-order valence-corrected chi connectivity index (χ0v) is 13.0. The monoisotopic (exact) mass is 288 g/mol. The number of para-hydroxylation sites is 1. The molecule has 0 saturated heterocycles. The molecular weight excluding hydrogens is 264 g/mol. The predicted molar refractivity (Wildman–Crippen MR) is 84.5 cm³/mol. The molecule has 4 heteroatoms. The molecule has 0 fully saturated rings. The average Bonchev–Trinajstić information content (AvgIpc) is 2.99. The van der Waals surface area contributed by atoms with E-state index in [4.69, 9.17) is 9.15 Å². The van der Waals surface area contributed by atoms with Crippen LogP contribution < -0.4 is 10.1 Å². The van der Waals surface area contributed by atoms with Crippen LogP contribution >= 0.6 is 0 Å². The molecule has 1 aromatic carbocycles. The first-order chi connectivity index (χ1) is 10.2. The molecule has 4 nitrogen and oxygen atoms in total. The summed E-state index contributed by atoms with van der Waals surface area (Å²) in [5.74, 6) is 1.93. The Morgan fingerprint density at radius 3 is 2.67 bits per heavy atom. The maximum Gasteiger partial charge on any atom is 0.123 e. The Labute approximate surface area is 126 Å². The minimum atomic E-state index is 0.222. The van der Waals surface area contributed by atoms with Gasteiger partial charge in [0, 0.05) is 18.7 Å². The Balaban J connectivity index is 1.94. The van der Waals surface area contributed by atoms with Gasteiger partial charge in [-0.05, 0) is 39.2 Å². The Bertz CT molecular complexity index is 523. The van der Waals surface area contributed by atoms with Crippen LogP contribution in [-0.4, -0.2) is 32.1 Å². The van der Waals surface area contributed by atoms with Gasteiger partial charge in [0.15, 0.2) is 0 Å². The molecule has 2 rings (SSSR count). The Hall–Kier alpha value is -1.78. The zero-order chi connectivity index (χ0) is 15.1. The summed E-state index contributed by atoms with van der Waals surface area (Å²) in [4.78, 5) is 2.15. The van der Waals surface area contributed by atoms with E-state index < -0.39 is 0 Å². The molecule has 0 aliphatic heterocycles. The topological polar surface area (TPSA) is 37.6 Å². The van der Waals surface area contributed by atoms with Gasteiger partial charge in [-0.2, -0.15) is 0 Å². The second kappa shape index (κ2) is 7.86. The second-order valence-electron chi connectivity index (χ2n) is 5.17. The number of hydrogen-bond acceptors (Lipinski definition) is 4. The molecule has 1 aromatic heterocycles. The third-order valence-corrected chi connectivity index (χ3v) is 3.42. The zero-order valence-electron chi connectivity index (χ0n) is 13.0. The number of benzene rings is 1. The molecule has 0 radical (unpaired) electrons. The number of furan rings is 1. The highest BCUT2D eigenvalue weighted by molar-refractivity contribution is 5.33. The van der Waals surface area contributed by atoms with Crippen LogP contribution in [0.4, 0.5) is 0 Å². The first-order valence-electron chi connectivity index (χ1n) is 7.33. The highest BCUT2D eigenvalue weighted by atomic mass is 16.5. The van der Waals surface area contributed by atoms with Crippen molar-refractivity contribution in [1.82, 2.24) is 10.2 Å². The maximum atomic E-state index is 5.65. The van der Waals surface area contributed by atoms with Crippen LogP contribution in [0.5, 0.6) is 5.75 Å². The van der Waals surface area contributed by atoms with Crippen molar-refractivity contribution in [3.8, 4) is 5.75 Å². The highest BCUT2D eigenvalue weighted by Crippen LogP contribution is 2.20. The Kier molecular flexibility index (Phi) is 5.84. The van der Waals surface area contributed by atoms with E-state index in [9.17, 15) is 0 Å². The second-order valence-corrected chi connectivity index (χ2v) is 5.17. The molecular formula is C17H24N2O2. The summed E-state index contributed by atoms with van der Waals surface area (Å²) in [5, 5.41) is 3.49. The van der Waals surface area contributed by atoms with Crippen molar-refractivity contribution >= 4 is 0 Å². The van der Waals surface area contributed by atoms with Gasteiger partial charge in [0.1, 0.15) is 11.5 Å². The minimum Gasteiger partial charge on any atom is -0.494 e. The first kappa shape index (κ1) is 15.6. The fourth-order valence-corrected chi connectivity index (χ4v) is 2.31. The first-order valence-corrected chi connectivity index (χ1v) is 7.33. The van der Waals surface area contributed by atoms with Gasteiger partial charge in [-0.15, -0.1) is 0 Å². The lowest BCUT2D eigenvalue weighted by atomic mass is 10.1. The highest BCUT2D eigenvalue weighted by Gasteiger charge is 2.16. The molecule has 1 atom stereocenters. The lowest BCUT2D eigenvalue weighted by Crippen LogP contribution is -2.30. The van der Waals surface area contributed by atoms with E-state index in [1.165, 1.54) is 5.56 Å². The van der Waals surface area contributed by atoms with E-state index in [0.29, 0.717) is 6.61 Å². The summed E-state index contributed by atoms with van der Waals surface area (Å²) in [7, 11) is 4.12. The van der Waals surface area contributed by atoms with Crippen molar-refractivity contribution < 1.29 is 9.15 Å². The molecule has 114 valence electrons. The van der Waals surface area contributed by atoms with E-state index in [1.807, 2.05) is 37.3 Å².